The molecule has 8 nitrogen and oxygen atoms in total. The summed E-state index contributed by atoms with van der Waals surface area (Å²) in [6.07, 6.45) is 3.45. The fourth-order valence-corrected chi connectivity index (χ4v) is 3.84. The van der Waals surface area contributed by atoms with Gasteiger partial charge in [0.05, 0.1) is 29.9 Å². The maximum absolute atomic E-state index is 13.4. The fourth-order valence-electron chi connectivity index (χ4n) is 3.65. The Kier molecular flexibility index (Phi) is 7.08. The van der Waals surface area contributed by atoms with Gasteiger partial charge < -0.3 is 9.47 Å². The van der Waals surface area contributed by atoms with Crippen LogP contribution >= 0.6 is 11.6 Å². The number of aryl methyl sites for hydroxylation is 2. The number of ether oxygens (including phenoxy) is 2. The Morgan fingerprint density at radius 3 is 2.53 bits per heavy atom. The quantitative estimate of drug-likeness (QED) is 0.354. The zero-order valence-corrected chi connectivity index (χ0v) is 21.9. The lowest BCUT2D eigenvalue weighted by Crippen LogP contribution is -2.23. The Balaban J connectivity index is 1.71. The smallest absolute Gasteiger partial charge is 0.277 e. The van der Waals surface area contributed by atoms with Crippen molar-refractivity contribution >= 4 is 11.6 Å². The molecule has 0 N–H and O–H groups in total. The highest BCUT2D eigenvalue weighted by atomic mass is 35.5. The summed E-state index contributed by atoms with van der Waals surface area (Å²) in [5.41, 5.74) is 3.52. The average Bonchev–Trinajstić information content (AvgIpc) is 2.86. The van der Waals surface area contributed by atoms with Crippen molar-refractivity contribution in [3.8, 4) is 28.7 Å². The molecule has 0 aromatic carbocycles. The van der Waals surface area contributed by atoms with Gasteiger partial charge in [-0.1, -0.05) is 38.4 Å². The first kappa shape index (κ1) is 25.3. The Hall–Kier alpha value is -3.78. The molecule has 0 atom stereocenters. The van der Waals surface area contributed by atoms with Crippen LogP contribution in [0.3, 0.4) is 0 Å². The Morgan fingerprint density at radius 1 is 1.03 bits per heavy atom. The van der Waals surface area contributed by atoms with E-state index in [2.05, 4.69) is 35.7 Å². The topological polar surface area (TPSA) is 92.0 Å². The first-order valence-corrected chi connectivity index (χ1v) is 11.8. The summed E-state index contributed by atoms with van der Waals surface area (Å²) in [6.45, 7) is 10.0. The summed E-state index contributed by atoms with van der Waals surface area (Å²) in [6, 6.07) is 10.8. The van der Waals surface area contributed by atoms with Crippen LogP contribution in [-0.4, -0.2) is 31.6 Å². The van der Waals surface area contributed by atoms with E-state index >= 15 is 0 Å². The van der Waals surface area contributed by atoms with Gasteiger partial charge in [-0.25, -0.2) is 15.0 Å². The van der Waals surface area contributed by atoms with Crippen LogP contribution in [0.1, 0.15) is 43.5 Å². The number of halogens is 1. The van der Waals surface area contributed by atoms with Crippen LogP contribution in [0.2, 0.25) is 5.02 Å². The number of hydrogen-bond acceptors (Lipinski definition) is 7. The molecule has 0 saturated carbocycles. The van der Waals surface area contributed by atoms with Gasteiger partial charge in [0.1, 0.15) is 23.2 Å². The second kappa shape index (κ2) is 10.1. The second-order valence-corrected chi connectivity index (χ2v) is 9.81. The molecule has 0 unspecified atom stereocenters. The Bertz CT molecular complexity index is 1480. The monoisotopic (exact) mass is 505 g/mol. The van der Waals surface area contributed by atoms with E-state index in [-0.39, 0.29) is 28.4 Å². The van der Waals surface area contributed by atoms with Gasteiger partial charge in [-0.05, 0) is 37.6 Å². The van der Waals surface area contributed by atoms with Crippen LogP contribution in [0.5, 0.6) is 11.6 Å². The molecule has 0 fully saturated rings. The van der Waals surface area contributed by atoms with Gasteiger partial charge in [0, 0.05) is 35.6 Å². The predicted octanol–water partition coefficient (Wildman–Crippen LogP) is 5.24. The minimum atomic E-state index is -0.386. The number of nitrogens with zero attached hydrogens (tertiary/aromatic N) is 5. The molecular weight excluding hydrogens is 478 g/mol. The van der Waals surface area contributed by atoms with E-state index in [4.69, 9.17) is 26.1 Å². The third kappa shape index (κ3) is 5.23. The van der Waals surface area contributed by atoms with Crippen molar-refractivity contribution in [2.75, 3.05) is 7.11 Å². The van der Waals surface area contributed by atoms with Crippen LogP contribution < -0.4 is 15.0 Å². The number of rotatable bonds is 6. The predicted molar refractivity (Wildman–Crippen MR) is 139 cm³/mol. The van der Waals surface area contributed by atoms with Crippen molar-refractivity contribution in [1.82, 2.24) is 24.5 Å². The molecule has 0 aliphatic carbocycles. The molecule has 0 bridgehead atoms. The Labute approximate surface area is 215 Å². The lowest BCUT2D eigenvalue weighted by Gasteiger charge is -2.18. The van der Waals surface area contributed by atoms with Crippen molar-refractivity contribution in [2.24, 2.45) is 0 Å². The SMILES string of the molecule is COc1cccc(COc2cc(C)n(-c3cc(-c4ccnc(C(C)(C)C)n4)ncc3C)c(=O)c2Cl)n1. The molecule has 4 aromatic rings. The standard InChI is InChI=1S/C27H28ClN5O3/c1-16-14-30-20(19-10-11-29-26(32-19)27(3,4)5)13-21(16)33-17(2)12-22(24(28)25(33)34)36-15-18-8-7-9-23(31-18)35-6/h7-14H,15H2,1-6H3. The average molecular weight is 506 g/mol. The number of aromatic nitrogens is 5. The van der Waals surface area contributed by atoms with Crippen LogP contribution in [-0.2, 0) is 12.0 Å². The molecule has 0 radical (unpaired) electrons. The number of pyridine rings is 3. The van der Waals surface area contributed by atoms with Crippen molar-refractivity contribution < 1.29 is 9.47 Å². The molecule has 4 rings (SSSR count). The van der Waals surface area contributed by atoms with Crippen molar-refractivity contribution in [3.63, 3.8) is 0 Å². The van der Waals surface area contributed by atoms with E-state index < -0.39 is 0 Å². The molecule has 0 amide bonds. The third-order valence-corrected chi connectivity index (χ3v) is 5.92. The molecule has 0 spiro atoms. The lowest BCUT2D eigenvalue weighted by atomic mass is 9.95. The molecule has 36 heavy (non-hydrogen) atoms. The van der Waals surface area contributed by atoms with E-state index in [9.17, 15) is 4.79 Å². The van der Waals surface area contributed by atoms with Gasteiger partial charge in [-0.3, -0.25) is 14.3 Å². The zero-order chi connectivity index (χ0) is 26.0. The largest absolute Gasteiger partial charge is 0.485 e. The number of hydrogen-bond donors (Lipinski definition) is 0. The third-order valence-electron chi connectivity index (χ3n) is 5.57. The van der Waals surface area contributed by atoms with Gasteiger partial charge in [-0.15, -0.1) is 0 Å². The normalized spacial score (nSPS) is 11.4. The van der Waals surface area contributed by atoms with Gasteiger partial charge in [0.25, 0.3) is 5.56 Å². The molecular formula is C27H28ClN5O3. The first-order valence-electron chi connectivity index (χ1n) is 11.4. The van der Waals surface area contributed by atoms with Crippen LogP contribution in [0.4, 0.5) is 0 Å². The summed E-state index contributed by atoms with van der Waals surface area (Å²) in [7, 11) is 1.55. The second-order valence-electron chi connectivity index (χ2n) is 9.44. The molecule has 4 aromatic heterocycles. The minimum Gasteiger partial charge on any atom is -0.485 e. The summed E-state index contributed by atoms with van der Waals surface area (Å²) in [4.78, 5) is 31.4. The van der Waals surface area contributed by atoms with E-state index in [1.54, 1.807) is 36.2 Å². The van der Waals surface area contributed by atoms with Crippen LogP contribution in [0.15, 0.2) is 53.6 Å². The van der Waals surface area contributed by atoms with E-state index in [0.717, 1.165) is 5.56 Å². The fraction of sp³-hybridized carbons (Fsp3) is 0.296. The van der Waals surface area contributed by atoms with E-state index in [1.165, 1.54) is 0 Å². The van der Waals surface area contributed by atoms with Crippen molar-refractivity contribution in [3.05, 3.63) is 86.9 Å². The first-order chi connectivity index (χ1) is 17.1. The zero-order valence-electron chi connectivity index (χ0n) is 21.2. The summed E-state index contributed by atoms with van der Waals surface area (Å²) in [5, 5.41) is -0.0155. The van der Waals surface area contributed by atoms with Crippen LogP contribution in [0, 0.1) is 13.8 Å². The maximum atomic E-state index is 13.4. The van der Waals surface area contributed by atoms with E-state index in [0.29, 0.717) is 40.2 Å². The van der Waals surface area contributed by atoms with Gasteiger partial charge in [0.15, 0.2) is 0 Å². The number of methoxy groups -OCH3 is 1. The van der Waals surface area contributed by atoms with Crippen molar-refractivity contribution in [1.29, 1.82) is 0 Å². The van der Waals surface area contributed by atoms with Crippen LogP contribution in [0.25, 0.3) is 17.1 Å². The molecule has 0 saturated heterocycles. The van der Waals surface area contributed by atoms with Gasteiger partial charge in [0.2, 0.25) is 5.88 Å². The summed E-state index contributed by atoms with van der Waals surface area (Å²) >= 11 is 6.49. The van der Waals surface area contributed by atoms with E-state index in [1.807, 2.05) is 38.1 Å². The maximum Gasteiger partial charge on any atom is 0.277 e. The van der Waals surface area contributed by atoms with Gasteiger partial charge >= 0.3 is 0 Å². The molecule has 0 aliphatic heterocycles. The minimum absolute atomic E-state index is 0.0155. The molecule has 9 heteroatoms. The Morgan fingerprint density at radius 2 is 1.81 bits per heavy atom. The molecule has 4 heterocycles. The highest BCUT2D eigenvalue weighted by molar-refractivity contribution is 6.31. The van der Waals surface area contributed by atoms with Crippen molar-refractivity contribution in [2.45, 2.75) is 46.6 Å². The molecule has 186 valence electrons. The highest BCUT2D eigenvalue weighted by Crippen LogP contribution is 2.28. The summed E-state index contributed by atoms with van der Waals surface area (Å²) in [5.74, 6) is 1.49. The van der Waals surface area contributed by atoms with Gasteiger partial charge in [-0.2, -0.15) is 0 Å². The molecule has 0 aliphatic rings. The summed E-state index contributed by atoms with van der Waals surface area (Å²) < 4.78 is 12.6. The highest BCUT2D eigenvalue weighted by Gasteiger charge is 2.20. The lowest BCUT2D eigenvalue weighted by molar-refractivity contribution is 0.297.